The molecule has 4 nitrogen and oxygen atoms in total. The summed E-state index contributed by atoms with van der Waals surface area (Å²) in [4.78, 5) is 9.33. The molecule has 0 aliphatic heterocycles. The van der Waals surface area contributed by atoms with Gasteiger partial charge < -0.3 is 9.30 Å². The predicted molar refractivity (Wildman–Crippen MR) is 145 cm³/mol. The molecule has 1 aliphatic carbocycles. The van der Waals surface area contributed by atoms with Gasteiger partial charge in [-0.05, 0) is 70.3 Å². The molecule has 0 saturated heterocycles. The summed E-state index contributed by atoms with van der Waals surface area (Å²) in [5.74, 6) is 2.37. The number of hydrogen-bond acceptors (Lipinski definition) is 3. The van der Waals surface area contributed by atoms with Crippen LogP contribution in [0.25, 0.3) is 16.9 Å². The van der Waals surface area contributed by atoms with Crippen molar-refractivity contribution in [3.05, 3.63) is 162 Å². The Hall–Kier alpha value is -4.96. The highest BCUT2D eigenvalue weighted by Crippen LogP contribution is 2.55. The zero-order valence-corrected chi connectivity index (χ0v) is 20.0. The largest absolute Gasteiger partial charge is 0.456 e. The number of hydrogen-bond donors (Lipinski definition) is 0. The molecule has 176 valence electrons. The number of nitrogens with zero attached hydrogens (tertiary/aromatic N) is 3. The second kappa shape index (κ2) is 8.61. The van der Waals surface area contributed by atoms with Gasteiger partial charge in [-0.2, -0.15) is 0 Å². The Morgan fingerprint density at radius 1 is 0.595 bits per heavy atom. The van der Waals surface area contributed by atoms with Crippen molar-refractivity contribution in [1.29, 1.82) is 0 Å². The number of pyridine rings is 2. The maximum absolute atomic E-state index is 6.37. The Morgan fingerprint density at radius 3 is 2.00 bits per heavy atom. The Labute approximate surface area is 215 Å². The lowest BCUT2D eigenvalue weighted by atomic mass is 9.70. The van der Waals surface area contributed by atoms with Crippen LogP contribution in [0, 0.1) is 0 Å². The van der Waals surface area contributed by atoms with Crippen LogP contribution in [0.3, 0.4) is 0 Å². The van der Waals surface area contributed by atoms with Crippen LogP contribution in [0.4, 0.5) is 0 Å². The molecule has 0 radical (unpaired) electrons. The fourth-order valence-electron chi connectivity index (χ4n) is 5.57. The molecule has 37 heavy (non-hydrogen) atoms. The van der Waals surface area contributed by atoms with Crippen molar-refractivity contribution in [2.75, 3.05) is 0 Å². The van der Waals surface area contributed by atoms with Crippen LogP contribution >= 0.6 is 0 Å². The molecule has 6 aromatic rings. The minimum absolute atomic E-state index is 0.548. The van der Waals surface area contributed by atoms with E-state index in [0.29, 0.717) is 0 Å². The molecular weight excluding hydrogens is 454 g/mol. The van der Waals surface area contributed by atoms with E-state index in [0.717, 1.165) is 28.6 Å². The summed E-state index contributed by atoms with van der Waals surface area (Å²) in [6.45, 7) is 0. The molecule has 4 heteroatoms. The summed E-state index contributed by atoms with van der Waals surface area (Å²) in [6, 6.07) is 39.7. The standard InChI is InChI=1S/C33H23N3O/c1-3-14-29-27(12-1)28-13-2-4-15-30(28)33(29,31-16-5-7-19-34-31)24-10-9-11-25(22-24)37-26-18-21-36(23-26)32-17-6-8-20-35-32/h1-23H. The Bertz CT molecular complexity index is 1660. The van der Waals surface area contributed by atoms with Crippen molar-refractivity contribution >= 4 is 0 Å². The quantitative estimate of drug-likeness (QED) is 0.259. The number of rotatable bonds is 5. The molecule has 3 aromatic carbocycles. The van der Waals surface area contributed by atoms with E-state index in [-0.39, 0.29) is 0 Å². The van der Waals surface area contributed by atoms with Crippen molar-refractivity contribution in [3.63, 3.8) is 0 Å². The first-order valence-electron chi connectivity index (χ1n) is 12.3. The summed E-state index contributed by atoms with van der Waals surface area (Å²) < 4.78 is 8.32. The molecule has 0 saturated carbocycles. The maximum Gasteiger partial charge on any atom is 0.145 e. The zero-order valence-electron chi connectivity index (χ0n) is 20.0. The molecule has 3 heterocycles. The van der Waals surface area contributed by atoms with Crippen LogP contribution in [-0.2, 0) is 5.41 Å². The molecule has 0 fully saturated rings. The van der Waals surface area contributed by atoms with Gasteiger partial charge in [-0.1, -0.05) is 72.8 Å². The van der Waals surface area contributed by atoms with Gasteiger partial charge >= 0.3 is 0 Å². The number of benzene rings is 3. The lowest BCUT2D eigenvalue weighted by molar-refractivity contribution is 0.481. The van der Waals surface area contributed by atoms with E-state index in [9.17, 15) is 0 Å². The average Bonchev–Trinajstić information content (AvgIpc) is 3.55. The van der Waals surface area contributed by atoms with E-state index < -0.39 is 5.41 Å². The van der Waals surface area contributed by atoms with Crippen molar-refractivity contribution in [1.82, 2.24) is 14.5 Å². The summed E-state index contributed by atoms with van der Waals surface area (Å²) in [5.41, 5.74) is 6.50. The number of fused-ring (bicyclic) bond motifs is 3. The molecule has 0 spiro atoms. The predicted octanol–water partition coefficient (Wildman–Crippen LogP) is 7.42. The molecule has 0 N–H and O–H groups in total. The molecule has 7 rings (SSSR count). The maximum atomic E-state index is 6.37. The van der Waals surface area contributed by atoms with E-state index in [1.165, 1.54) is 22.3 Å². The Balaban J connectivity index is 1.37. The van der Waals surface area contributed by atoms with E-state index >= 15 is 0 Å². The lowest BCUT2D eigenvalue weighted by Crippen LogP contribution is -2.29. The molecule has 0 unspecified atom stereocenters. The van der Waals surface area contributed by atoms with Crippen LogP contribution in [0.15, 0.2) is 140 Å². The summed E-state index contributed by atoms with van der Waals surface area (Å²) in [6.07, 6.45) is 7.57. The monoisotopic (exact) mass is 477 g/mol. The van der Waals surface area contributed by atoms with Gasteiger partial charge in [-0.15, -0.1) is 0 Å². The van der Waals surface area contributed by atoms with Crippen molar-refractivity contribution in [2.45, 2.75) is 5.41 Å². The number of aromatic nitrogens is 3. The average molecular weight is 478 g/mol. The highest BCUT2D eigenvalue weighted by atomic mass is 16.5. The molecule has 0 bridgehead atoms. The van der Waals surface area contributed by atoms with E-state index in [2.05, 4.69) is 83.8 Å². The van der Waals surface area contributed by atoms with Gasteiger partial charge in [0.1, 0.15) is 17.3 Å². The van der Waals surface area contributed by atoms with Gasteiger partial charge in [0.25, 0.3) is 0 Å². The molecular formula is C33H23N3O. The fraction of sp³-hybridized carbons (Fsp3) is 0.0303. The zero-order chi connectivity index (χ0) is 24.7. The second-order valence-corrected chi connectivity index (χ2v) is 9.13. The summed E-state index contributed by atoms with van der Waals surface area (Å²) in [7, 11) is 0. The number of ether oxygens (including phenoxy) is 1. The van der Waals surface area contributed by atoms with Crippen LogP contribution in [-0.4, -0.2) is 14.5 Å². The van der Waals surface area contributed by atoms with E-state index in [1.54, 1.807) is 6.20 Å². The highest BCUT2D eigenvalue weighted by Gasteiger charge is 2.47. The fourth-order valence-corrected chi connectivity index (χ4v) is 5.57. The molecule has 0 atom stereocenters. The first-order valence-corrected chi connectivity index (χ1v) is 12.3. The van der Waals surface area contributed by atoms with Gasteiger partial charge in [0.2, 0.25) is 0 Å². The smallest absolute Gasteiger partial charge is 0.145 e. The third kappa shape index (κ3) is 3.38. The third-order valence-electron chi connectivity index (χ3n) is 7.08. The first-order chi connectivity index (χ1) is 18.3. The van der Waals surface area contributed by atoms with Gasteiger partial charge in [0, 0.05) is 18.6 Å². The molecule has 3 aromatic heterocycles. The summed E-state index contributed by atoms with van der Waals surface area (Å²) in [5, 5.41) is 0. The van der Waals surface area contributed by atoms with Crippen molar-refractivity contribution in [3.8, 4) is 28.4 Å². The lowest BCUT2D eigenvalue weighted by Gasteiger charge is -2.32. The van der Waals surface area contributed by atoms with Crippen LogP contribution in [0.1, 0.15) is 22.4 Å². The normalized spacial score (nSPS) is 13.1. The third-order valence-corrected chi connectivity index (χ3v) is 7.08. The van der Waals surface area contributed by atoms with Gasteiger partial charge in [0.05, 0.1) is 17.3 Å². The van der Waals surface area contributed by atoms with Gasteiger partial charge in [0.15, 0.2) is 0 Å². The van der Waals surface area contributed by atoms with Crippen LogP contribution in [0.2, 0.25) is 0 Å². The SMILES string of the molecule is c1ccc(-n2ccc(Oc3cccc(C4(c5ccccn5)c5ccccc5-c5ccccc54)c3)c2)nc1. The van der Waals surface area contributed by atoms with Crippen LogP contribution in [0.5, 0.6) is 11.5 Å². The highest BCUT2D eigenvalue weighted by molar-refractivity contribution is 5.85. The van der Waals surface area contributed by atoms with E-state index in [4.69, 9.17) is 9.72 Å². The molecule has 0 amide bonds. The Kier molecular flexibility index (Phi) is 4.96. The Morgan fingerprint density at radius 2 is 1.30 bits per heavy atom. The van der Waals surface area contributed by atoms with Crippen molar-refractivity contribution in [2.24, 2.45) is 0 Å². The topological polar surface area (TPSA) is 39.9 Å². The van der Waals surface area contributed by atoms with E-state index in [1.807, 2.05) is 59.6 Å². The molecule has 1 aliphatic rings. The minimum atomic E-state index is -0.548. The van der Waals surface area contributed by atoms with Gasteiger partial charge in [-0.3, -0.25) is 4.98 Å². The second-order valence-electron chi connectivity index (χ2n) is 9.13. The van der Waals surface area contributed by atoms with Crippen molar-refractivity contribution < 1.29 is 4.74 Å². The van der Waals surface area contributed by atoms with Gasteiger partial charge in [-0.25, -0.2) is 4.98 Å². The minimum Gasteiger partial charge on any atom is -0.456 e. The first kappa shape index (κ1) is 21.3. The summed E-state index contributed by atoms with van der Waals surface area (Å²) >= 11 is 0. The van der Waals surface area contributed by atoms with Crippen LogP contribution < -0.4 is 4.74 Å².